The van der Waals surface area contributed by atoms with Crippen LogP contribution >= 0.6 is 11.8 Å². The molecule has 0 N–H and O–H groups in total. The molecule has 0 bridgehead atoms. The average Bonchev–Trinajstić information content (AvgIpc) is 1.96. The summed E-state index contributed by atoms with van der Waals surface area (Å²) < 4.78 is 0. The molecule has 0 saturated carbocycles. The number of hydrogen-bond donors (Lipinski definition) is 0. The molecule has 0 heterocycles. The first-order valence-electron chi connectivity index (χ1n) is 3.49. The molecular formula is C7H11CuNO3S. The molecule has 13 heavy (non-hydrogen) atoms. The van der Waals surface area contributed by atoms with Crippen LogP contribution in [0.25, 0.3) is 0 Å². The maximum atomic E-state index is 10.5. The fourth-order valence-electron chi connectivity index (χ4n) is 0.684. The van der Waals surface area contributed by atoms with E-state index in [0.29, 0.717) is 12.2 Å². The van der Waals surface area contributed by atoms with Gasteiger partial charge in [0.05, 0.1) is 12.0 Å². The summed E-state index contributed by atoms with van der Waals surface area (Å²) in [6.45, 7) is 1.23. The Hall–Kier alpha value is -0.191. The Morgan fingerprint density at radius 2 is 2.08 bits per heavy atom. The van der Waals surface area contributed by atoms with E-state index in [1.165, 1.54) is 18.7 Å². The van der Waals surface area contributed by atoms with Gasteiger partial charge in [-0.1, -0.05) is 0 Å². The number of carboxylic acid groups (broad SMARTS) is 1. The van der Waals surface area contributed by atoms with E-state index in [4.69, 9.17) is 0 Å². The Morgan fingerprint density at radius 3 is 2.38 bits per heavy atom. The van der Waals surface area contributed by atoms with E-state index in [9.17, 15) is 15.0 Å². The quantitative estimate of drug-likeness (QED) is 0.344. The van der Waals surface area contributed by atoms with Crippen molar-refractivity contribution < 1.29 is 32.1 Å². The Morgan fingerprint density at radius 1 is 1.54 bits per heavy atom. The number of hydrogen-bond acceptors (Lipinski definition) is 5. The number of carbonyl (C=O) groups is 1. The number of aliphatic imine (C=N–C) groups is 1. The normalized spacial score (nSPS) is 13.2. The van der Waals surface area contributed by atoms with Crippen LogP contribution in [0.3, 0.4) is 0 Å². The van der Waals surface area contributed by atoms with Crippen molar-refractivity contribution in [2.24, 2.45) is 4.99 Å². The van der Waals surface area contributed by atoms with Crippen LogP contribution in [-0.4, -0.2) is 29.9 Å². The largest absolute Gasteiger partial charge is 2.00 e. The van der Waals surface area contributed by atoms with E-state index in [1.807, 2.05) is 6.26 Å². The first kappa shape index (κ1) is 15.3. The molecule has 79 valence electrons. The third-order valence-electron chi connectivity index (χ3n) is 1.21. The van der Waals surface area contributed by atoms with Gasteiger partial charge in [-0.3, -0.25) is 4.99 Å². The summed E-state index contributed by atoms with van der Waals surface area (Å²) in [5.74, 6) is -1.08. The number of carboxylic acids is 1. The van der Waals surface area contributed by atoms with Crippen molar-refractivity contribution in [3.05, 3.63) is 0 Å². The zero-order chi connectivity index (χ0) is 9.56. The van der Waals surface area contributed by atoms with Gasteiger partial charge < -0.3 is 15.0 Å². The second-order valence-corrected chi connectivity index (χ2v) is 3.25. The van der Waals surface area contributed by atoms with Crippen molar-refractivity contribution in [2.75, 3.05) is 12.0 Å². The summed E-state index contributed by atoms with van der Waals surface area (Å²) in [5.41, 5.74) is 0. The molecule has 0 aromatic heterocycles. The minimum Gasteiger partial charge on any atom is -0.862 e. The fraction of sp³-hybridized carbons (Fsp3) is 0.714. The topological polar surface area (TPSA) is 75.5 Å². The number of carbonyl (C=O) groups excluding carboxylic acids is 1. The summed E-state index contributed by atoms with van der Waals surface area (Å²) in [5, 5.41) is 20.8. The number of aliphatic carboxylic acids is 1. The predicted octanol–water partition coefficient (Wildman–Crippen LogP) is -1.37. The molecule has 0 aliphatic carbocycles. The van der Waals surface area contributed by atoms with Crippen LogP contribution in [0.1, 0.15) is 13.3 Å². The third kappa shape index (κ3) is 8.15. The second kappa shape index (κ2) is 8.41. The van der Waals surface area contributed by atoms with E-state index >= 15 is 0 Å². The van der Waals surface area contributed by atoms with Gasteiger partial charge in [-0.25, -0.2) is 0 Å². The Kier molecular flexibility index (Phi) is 9.89. The number of thioether (sulfide) groups is 1. The van der Waals surface area contributed by atoms with Crippen LogP contribution in [0, 0.1) is 0 Å². The standard InChI is InChI=1S/C7H13NO3S.Cu/c1-5(9)8-6(7(10)11)3-4-12-2;/h6H,3-4H2,1-2H3,(H,8,9)(H,10,11);/q;+2/p-2/t6-;/m0./s1. The van der Waals surface area contributed by atoms with Crippen LogP contribution in [-0.2, 0) is 21.9 Å². The predicted molar refractivity (Wildman–Crippen MR) is 44.9 cm³/mol. The van der Waals surface area contributed by atoms with Gasteiger partial charge in [0.15, 0.2) is 0 Å². The summed E-state index contributed by atoms with van der Waals surface area (Å²) in [6, 6.07) is -0.977. The molecule has 0 saturated heterocycles. The summed E-state index contributed by atoms with van der Waals surface area (Å²) in [7, 11) is 0. The van der Waals surface area contributed by atoms with Gasteiger partial charge in [0, 0.05) is 0 Å². The molecule has 0 aliphatic heterocycles. The van der Waals surface area contributed by atoms with Crippen LogP contribution < -0.4 is 10.2 Å². The molecule has 1 atom stereocenters. The van der Waals surface area contributed by atoms with Crippen molar-refractivity contribution in [3.63, 3.8) is 0 Å². The number of nitrogens with zero attached hydrogens (tertiary/aromatic N) is 1. The molecule has 4 nitrogen and oxygen atoms in total. The molecule has 0 unspecified atom stereocenters. The average molecular weight is 253 g/mol. The van der Waals surface area contributed by atoms with E-state index < -0.39 is 17.9 Å². The van der Waals surface area contributed by atoms with E-state index in [-0.39, 0.29) is 17.1 Å². The zero-order valence-corrected chi connectivity index (χ0v) is 9.13. The van der Waals surface area contributed by atoms with Gasteiger partial charge in [-0.05, 0) is 31.3 Å². The smallest absolute Gasteiger partial charge is 0.862 e. The zero-order valence-electron chi connectivity index (χ0n) is 7.37. The van der Waals surface area contributed by atoms with Crippen LogP contribution in [0.15, 0.2) is 4.99 Å². The van der Waals surface area contributed by atoms with Gasteiger partial charge in [0.2, 0.25) is 0 Å². The molecule has 0 aromatic rings. The van der Waals surface area contributed by atoms with Crippen LogP contribution in [0.2, 0.25) is 0 Å². The minimum absolute atomic E-state index is 0. The van der Waals surface area contributed by atoms with Crippen LogP contribution in [0.5, 0.6) is 0 Å². The maximum Gasteiger partial charge on any atom is 2.00 e. The first-order valence-corrected chi connectivity index (χ1v) is 4.88. The van der Waals surface area contributed by atoms with Crippen molar-refractivity contribution in [1.29, 1.82) is 0 Å². The van der Waals surface area contributed by atoms with Gasteiger partial charge >= 0.3 is 17.1 Å². The van der Waals surface area contributed by atoms with Crippen molar-refractivity contribution in [2.45, 2.75) is 19.4 Å². The van der Waals surface area contributed by atoms with Gasteiger partial charge in [-0.15, -0.1) is 0 Å². The van der Waals surface area contributed by atoms with E-state index in [2.05, 4.69) is 4.99 Å². The molecule has 0 rings (SSSR count). The summed E-state index contributed by atoms with van der Waals surface area (Å²) in [4.78, 5) is 13.8. The molecule has 0 spiro atoms. The third-order valence-corrected chi connectivity index (χ3v) is 1.85. The molecule has 0 aliphatic rings. The van der Waals surface area contributed by atoms with E-state index in [1.54, 1.807) is 0 Å². The molecule has 6 heteroatoms. The first-order chi connectivity index (χ1) is 5.57. The Labute approximate surface area is 92.3 Å². The van der Waals surface area contributed by atoms with E-state index in [0.717, 1.165) is 0 Å². The maximum absolute atomic E-state index is 10.5. The Balaban J connectivity index is 0. The summed E-state index contributed by atoms with van der Waals surface area (Å²) >= 11 is 1.51. The van der Waals surface area contributed by atoms with Gasteiger partial charge in [0.25, 0.3) is 0 Å². The van der Waals surface area contributed by atoms with Gasteiger partial charge in [0.1, 0.15) is 0 Å². The second-order valence-electron chi connectivity index (χ2n) is 2.26. The minimum atomic E-state index is -1.28. The van der Waals surface area contributed by atoms with Crippen molar-refractivity contribution in [1.82, 2.24) is 0 Å². The van der Waals surface area contributed by atoms with Crippen molar-refractivity contribution in [3.8, 4) is 0 Å². The summed E-state index contributed by atoms with van der Waals surface area (Å²) in [6.07, 6.45) is 2.21. The van der Waals surface area contributed by atoms with Crippen LogP contribution in [0.4, 0.5) is 0 Å². The molecule has 1 radical (unpaired) electrons. The molecule has 0 fully saturated rings. The molecule has 0 amide bonds. The molecular weight excluding hydrogens is 242 g/mol. The van der Waals surface area contributed by atoms with Crippen molar-refractivity contribution >= 4 is 23.6 Å². The SMILES string of the molecule is CSCC[C@H](N=C(C)[O-])C(=O)[O-].[Cu+2]. The Bertz CT molecular complexity index is 183. The van der Waals surface area contributed by atoms with Gasteiger partial charge in [-0.2, -0.15) is 11.8 Å². The fourth-order valence-corrected chi connectivity index (χ4v) is 1.14. The number of rotatable bonds is 5. The molecule has 0 aromatic carbocycles. The monoisotopic (exact) mass is 252 g/mol.